The van der Waals surface area contributed by atoms with Crippen LogP contribution in [0.1, 0.15) is 258 Å². The van der Waals surface area contributed by atoms with Crippen LogP contribution >= 0.6 is 0 Å². The zero-order chi connectivity index (χ0) is 53.6. The summed E-state index contributed by atoms with van der Waals surface area (Å²) in [5, 5.41) is 0. The van der Waals surface area contributed by atoms with Gasteiger partial charge < -0.3 is 14.2 Å². The number of hydrogen-bond acceptors (Lipinski definition) is 6. The number of hydrogen-bond donors (Lipinski definition) is 0. The minimum Gasteiger partial charge on any atom is -0.462 e. The van der Waals surface area contributed by atoms with E-state index in [-0.39, 0.29) is 31.1 Å². The molecular weight excluding hydrogens is 913 g/mol. The summed E-state index contributed by atoms with van der Waals surface area (Å²) in [5.41, 5.74) is 0. The predicted octanol–water partition coefficient (Wildman–Crippen LogP) is 20.6. The molecule has 1 atom stereocenters. The van der Waals surface area contributed by atoms with Gasteiger partial charge in [-0.2, -0.15) is 0 Å². The summed E-state index contributed by atoms with van der Waals surface area (Å²) in [6.07, 6.45) is 86.1. The van der Waals surface area contributed by atoms with Gasteiger partial charge in [0, 0.05) is 19.3 Å². The molecule has 0 saturated carbocycles. The monoisotopic (exact) mass is 1020 g/mol. The van der Waals surface area contributed by atoms with E-state index in [0.29, 0.717) is 19.3 Å². The van der Waals surface area contributed by atoms with Gasteiger partial charge in [-0.25, -0.2) is 0 Å². The Hall–Kier alpha value is -4.45. The van der Waals surface area contributed by atoms with Crippen LogP contribution in [0.25, 0.3) is 0 Å². The van der Waals surface area contributed by atoms with Gasteiger partial charge in [0.2, 0.25) is 0 Å². The summed E-state index contributed by atoms with van der Waals surface area (Å²) < 4.78 is 16.8. The lowest BCUT2D eigenvalue weighted by molar-refractivity contribution is -0.167. The van der Waals surface area contributed by atoms with Gasteiger partial charge in [0.25, 0.3) is 0 Å². The minimum atomic E-state index is -0.792. The van der Waals surface area contributed by atoms with Crippen LogP contribution < -0.4 is 0 Å². The van der Waals surface area contributed by atoms with Gasteiger partial charge in [0.1, 0.15) is 13.2 Å². The van der Waals surface area contributed by atoms with Crippen LogP contribution in [0.2, 0.25) is 0 Å². The van der Waals surface area contributed by atoms with Crippen molar-refractivity contribution in [1.82, 2.24) is 0 Å². The summed E-state index contributed by atoms with van der Waals surface area (Å²) in [7, 11) is 0. The third-order valence-corrected chi connectivity index (χ3v) is 12.3. The Labute approximate surface area is 455 Å². The smallest absolute Gasteiger partial charge is 0.306 e. The quantitative estimate of drug-likeness (QED) is 0.0261. The normalized spacial score (nSPS) is 13.1. The molecule has 0 amide bonds. The van der Waals surface area contributed by atoms with E-state index in [2.05, 4.69) is 154 Å². The number of carbonyl (C=O) groups is 3. The number of ether oxygens (including phenoxy) is 3. The molecule has 0 N–H and O–H groups in total. The Balaban J connectivity index is 4.17. The van der Waals surface area contributed by atoms with E-state index in [0.717, 1.165) is 154 Å². The first-order valence-electron chi connectivity index (χ1n) is 30.2. The topological polar surface area (TPSA) is 78.9 Å². The van der Waals surface area contributed by atoms with Crippen molar-refractivity contribution in [2.24, 2.45) is 0 Å². The first kappa shape index (κ1) is 69.5. The molecule has 0 aromatic carbocycles. The zero-order valence-corrected chi connectivity index (χ0v) is 47.8. The molecule has 0 saturated heterocycles. The van der Waals surface area contributed by atoms with Crippen molar-refractivity contribution in [2.45, 2.75) is 264 Å². The Bertz CT molecular complexity index is 1600. The second-order valence-electron chi connectivity index (χ2n) is 19.5. The maximum Gasteiger partial charge on any atom is 0.306 e. The lowest BCUT2D eigenvalue weighted by atomic mass is 10.1. The lowest BCUT2D eigenvalue weighted by Crippen LogP contribution is -2.30. The van der Waals surface area contributed by atoms with Gasteiger partial charge in [0.05, 0.1) is 0 Å². The van der Waals surface area contributed by atoms with Gasteiger partial charge in [-0.1, -0.05) is 244 Å². The Kier molecular flexibility index (Phi) is 57.4. The van der Waals surface area contributed by atoms with Crippen LogP contribution in [0.3, 0.4) is 0 Å². The molecular formula is C68H110O6. The molecule has 0 spiro atoms. The molecule has 418 valence electrons. The number of unbranched alkanes of at least 4 members (excludes halogenated alkanes) is 20. The van der Waals surface area contributed by atoms with E-state index < -0.39 is 6.10 Å². The molecule has 0 aliphatic carbocycles. The molecule has 0 aliphatic rings. The fraction of sp³-hybridized carbons (Fsp3) is 0.632. The van der Waals surface area contributed by atoms with Crippen molar-refractivity contribution in [2.75, 3.05) is 13.2 Å². The summed E-state index contributed by atoms with van der Waals surface area (Å²) in [4.78, 5) is 38.0. The van der Waals surface area contributed by atoms with Crippen LogP contribution in [-0.2, 0) is 28.6 Å². The highest BCUT2D eigenvalue weighted by Crippen LogP contribution is 2.14. The van der Waals surface area contributed by atoms with Crippen LogP contribution in [0.15, 0.2) is 134 Å². The molecule has 6 nitrogen and oxygen atoms in total. The Morgan fingerprint density at radius 2 is 0.554 bits per heavy atom. The molecule has 0 radical (unpaired) electrons. The first-order valence-corrected chi connectivity index (χ1v) is 30.2. The molecule has 0 aliphatic heterocycles. The van der Waals surface area contributed by atoms with Crippen molar-refractivity contribution in [1.29, 1.82) is 0 Å². The largest absolute Gasteiger partial charge is 0.462 e. The predicted molar refractivity (Wildman–Crippen MR) is 320 cm³/mol. The Morgan fingerprint density at radius 3 is 0.892 bits per heavy atom. The fourth-order valence-corrected chi connectivity index (χ4v) is 7.83. The average molecular weight is 1020 g/mol. The van der Waals surface area contributed by atoms with Crippen LogP contribution in [-0.4, -0.2) is 37.2 Å². The number of rotatable bonds is 53. The molecule has 0 rings (SSSR count). The van der Waals surface area contributed by atoms with Gasteiger partial charge in [-0.05, 0) is 128 Å². The fourth-order valence-electron chi connectivity index (χ4n) is 7.83. The van der Waals surface area contributed by atoms with Crippen molar-refractivity contribution >= 4 is 17.9 Å². The highest BCUT2D eigenvalue weighted by Gasteiger charge is 2.19. The van der Waals surface area contributed by atoms with Gasteiger partial charge >= 0.3 is 17.9 Å². The summed E-state index contributed by atoms with van der Waals surface area (Å²) in [6, 6.07) is 0. The Morgan fingerprint density at radius 1 is 0.284 bits per heavy atom. The van der Waals surface area contributed by atoms with Gasteiger partial charge in [-0.3, -0.25) is 14.4 Å². The third kappa shape index (κ3) is 58.4. The maximum atomic E-state index is 12.8. The van der Waals surface area contributed by atoms with E-state index in [9.17, 15) is 14.4 Å². The second-order valence-corrected chi connectivity index (χ2v) is 19.5. The van der Waals surface area contributed by atoms with Crippen molar-refractivity contribution < 1.29 is 28.6 Å². The molecule has 0 aromatic rings. The minimum absolute atomic E-state index is 0.0916. The molecule has 1 unspecified atom stereocenters. The SMILES string of the molecule is CC/C=C\C/C=C\C/C=C\C/C=C\C/C=C\C/C=C\C/C=C\C/C=C\C/C=C\CCCCCCCCCC(=O)OCC(COC(=O)CCCCCCC/C=C\CCC)OC(=O)CCCCCCC/C=C\CCCC. The standard InChI is InChI=1S/C68H110O6/c1-4-7-10-13-16-19-22-23-24-25-26-27-28-29-30-31-32-33-34-35-36-37-38-39-40-41-42-43-44-45-47-49-52-55-58-61-67(70)73-64-65(63-72-66(69)60-57-54-51-48-21-18-15-12-9-6-3)74-68(71)62-59-56-53-50-46-20-17-14-11-8-5-2/h7,10,12,14-17,19,23-24,26-27,29-30,32-33,35-36,38-39,41-42,65H,4-6,8-9,11,13,18,20-22,25,28,31,34,37,40,43-64H2,1-3H3/b10-7-,15-12-,17-14-,19-16-,24-23-,27-26-,30-29-,33-32-,36-35-,39-38-,42-41-. The van der Waals surface area contributed by atoms with Crippen LogP contribution in [0.4, 0.5) is 0 Å². The van der Waals surface area contributed by atoms with Gasteiger partial charge in [-0.15, -0.1) is 0 Å². The van der Waals surface area contributed by atoms with Crippen molar-refractivity contribution in [3.63, 3.8) is 0 Å². The van der Waals surface area contributed by atoms with E-state index in [4.69, 9.17) is 14.2 Å². The van der Waals surface area contributed by atoms with E-state index in [1.807, 2.05) is 0 Å². The van der Waals surface area contributed by atoms with Crippen molar-refractivity contribution in [3.05, 3.63) is 134 Å². The molecule has 0 bridgehead atoms. The van der Waals surface area contributed by atoms with Crippen LogP contribution in [0, 0.1) is 0 Å². The highest BCUT2D eigenvalue weighted by molar-refractivity contribution is 5.71. The highest BCUT2D eigenvalue weighted by atomic mass is 16.6. The van der Waals surface area contributed by atoms with Crippen LogP contribution in [0.5, 0.6) is 0 Å². The molecule has 0 heterocycles. The lowest BCUT2D eigenvalue weighted by Gasteiger charge is -2.18. The summed E-state index contributed by atoms with van der Waals surface area (Å²) >= 11 is 0. The number of allylic oxidation sites excluding steroid dienone is 22. The van der Waals surface area contributed by atoms with Gasteiger partial charge in [0.15, 0.2) is 6.10 Å². The first-order chi connectivity index (χ1) is 36.5. The molecule has 0 aromatic heterocycles. The number of carbonyl (C=O) groups excluding carboxylic acids is 3. The summed E-state index contributed by atoms with van der Waals surface area (Å²) in [6.45, 7) is 6.39. The average Bonchev–Trinajstić information content (AvgIpc) is 3.40. The third-order valence-electron chi connectivity index (χ3n) is 12.3. The zero-order valence-electron chi connectivity index (χ0n) is 47.8. The summed E-state index contributed by atoms with van der Waals surface area (Å²) in [5.74, 6) is -0.928. The maximum absolute atomic E-state index is 12.8. The van der Waals surface area contributed by atoms with E-state index in [1.54, 1.807) is 0 Å². The van der Waals surface area contributed by atoms with E-state index >= 15 is 0 Å². The van der Waals surface area contributed by atoms with Crippen molar-refractivity contribution in [3.8, 4) is 0 Å². The second kappa shape index (κ2) is 61.1. The molecule has 6 heteroatoms. The number of esters is 3. The van der Waals surface area contributed by atoms with E-state index in [1.165, 1.54) is 64.2 Å². The molecule has 0 fully saturated rings. The molecule has 74 heavy (non-hydrogen) atoms.